The average molecular weight is 467 g/mol. The number of aromatic nitrogens is 2. The lowest BCUT2D eigenvalue weighted by Crippen LogP contribution is -2.12. The van der Waals surface area contributed by atoms with E-state index < -0.39 is 11.7 Å². The van der Waals surface area contributed by atoms with Gasteiger partial charge in [-0.1, -0.05) is 22.9 Å². The quantitative estimate of drug-likeness (QED) is 0.414. The number of halogens is 4. The molecule has 0 bridgehead atoms. The molecule has 0 saturated carbocycles. The molecule has 9 heteroatoms. The largest absolute Gasteiger partial charge is 0.494 e. The van der Waals surface area contributed by atoms with Crippen molar-refractivity contribution in [1.82, 2.24) is 9.97 Å². The summed E-state index contributed by atoms with van der Waals surface area (Å²) in [7, 11) is 0. The number of anilines is 4. The molecule has 0 unspecified atom stereocenters. The first-order valence-corrected chi connectivity index (χ1v) is 9.61. The summed E-state index contributed by atoms with van der Waals surface area (Å²) in [6, 6.07) is 13.8. The van der Waals surface area contributed by atoms with Crippen molar-refractivity contribution in [3.63, 3.8) is 0 Å². The number of alkyl halides is 3. The van der Waals surface area contributed by atoms with Crippen LogP contribution in [0.3, 0.4) is 0 Å². The molecule has 3 rings (SSSR count). The van der Waals surface area contributed by atoms with Crippen LogP contribution >= 0.6 is 15.9 Å². The van der Waals surface area contributed by atoms with Gasteiger partial charge in [0.1, 0.15) is 17.1 Å². The lowest BCUT2D eigenvalue weighted by molar-refractivity contribution is -0.137. The molecular formula is C20H18BrF3N4O. The Labute approximate surface area is 174 Å². The number of nitrogens with one attached hydrogen (secondary N) is 2. The van der Waals surface area contributed by atoms with Gasteiger partial charge in [-0.2, -0.15) is 18.2 Å². The van der Waals surface area contributed by atoms with Crippen molar-refractivity contribution in [3.05, 3.63) is 64.8 Å². The molecule has 1 heterocycles. The van der Waals surface area contributed by atoms with Crippen molar-refractivity contribution in [2.75, 3.05) is 17.2 Å². The highest BCUT2D eigenvalue weighted by Gasteiger charge is 2.35. The predicted molar refractivity (Wildman–Crippen MR) is 110 cm³/mol. The van der Waals surface area contributed by atoms with Crippen molar-refractivity contribution in [3.8, 4) is 5.75 Å². The smallest absolute Gasteiger partial charge is 0.421 e. The van der Waals surface area contributed by atoms with Crippen LogP contribution in [0.5, 0.6) is 5.75 Å². The molecule has 2 aromatic carbocycles. The fourth-order valence-corrected chi connectivity index (χ4v) is 2.66. The standard InChI is InChI=1S/C20H18BrF3N4O/c1-2-11-29-16-9-7-15(8-10-16)27-19-25-12-17(20(22,23)24)18(28-19)26-14-5-3-13(21)4-6-14/h3-10,12H,2,11H2,1H3,(H2,25,26,27,28). The fourth-order valence-electron chi connectivity index (χ4n) is 2.40. The molecule has 0 saturated heterocycles. The van der Waals surface area contributed by atoms with E-state index in [-0.39, 0.29) is 11.8 Å². The van der Waals surface area contributed by atoms with Gasteiger partial charge in [0.2, 0.25) is 5.95 Å². The second kappa shape index (κ2) is 9.13. The van der Waals surface area contributed by atoms with Crippen LogP contribution in [0.4, 0.5) is 36.3 Å². The van der Waals surface area contributed by atoms with Gasteiger partial charge in [-0.15, -0.1) is 0 Å². The number of rotatable bonds is 7. The van der Waals surface area contributed by atoms with E-state index in [9.17, 15) is 13.2 Å². The van der Waals surface area contributed by atoms with E-state index in [0.29, 0.717) is 23.7 Å². The summed E-state index contributed by atoms with van der Waals surface area (Å²) >= 11 is 3.29. The van der Waals surface area contributed by atoms with Crippen LogP contribution in [0.25, 0.3) is 0 Å². The van der Waals surface area contributed by atoms with E-state index in [4.69, 9.17) is 4.74 Å². The zero-order valence-corrected chi connectivity index (χ0v) is 17.0. The average Bonchev–Trinajstić information content (AvgIpc) is 2.68. The van der Waals surface area contributed by atoms with Crippen molar-refractivity contribution in [2.24, 2.45) is 0 Å². The zero-order valence-electron chi connectivity index (χ0n) is 15.4. The molecule has 0 aliphatic heterocycles. The number of ether oxygens (including phenoxy) is 1. The molecule has 3 aromatic rings. The van der Waals surface area contributed by atoms with Crippen LogP contribution < -0.4 is 15.4 Å². The van der Waals surface area contributed by atoms with E-state index >= 15 is 0 Å². The lowest BCUT2D eigenvalue weighted by Gasteiger charge is -2.15. The van der Waals surface area contributed by atoms with Crippen LogP contribution in [-0.2, 0) is 6.18 Å². The Morgan fingerprint density at radius 3 is 2.21 bits per heavy atom. The molecular weight excluding hydrogens is 449 g/mol. The van der Waals surface area contributed by atoms with Crippen molar-refractivity contribution < 1.29 is 17.9 Å². The van der Waals surface area contributed by atoms with Crippen LogP contribution in [0.1, 0.15) is 18.9 Å². The third-order valence-corrected chi connectivity index (χ3v) is 4.31. The minimum absolute atomic E-state index is 0.0415. The van der Waals surface area contributed by atoms with Gasteiger partial charge in [0.15, 0.2) is 0 Å². The molecule has 0 aliphatic rings. The lowest BCUT2D eigenvalue weighted by atomic mass is 10.2. The second-order valence-corrected chi connectivity index (χ2v) is 7.00. The molecule has 0 spiro atoms. The summed E-state index contributed by atoms with van der Waals surface area (Å²) in [6.07, 6.45) is -2.93. The maximum atomic E-state index is 13.4. The molecule has 0 amide bonds. The Hall–Kier alpha value is -2.81. The van der Waals surface area contributed by atoms with Crippen LogP contribution in [-0.4, -0.2) is 16.6 Å². The third-order valence-electron chi connectivity index (χ3n) is 3.78. The molecule has 2 N–H and O–H groups in total. The maximum Gasteiger partial charge on any atom is 0.421 e. The van der Waals surface area contributed by atoms with Crippen LogP contribution in [0.2, 0.25) is 0 Å². The highest BCUT2D eigenvalue weighted by Crippen LogP contribution is 2.35. The fraction of sp³-hybridized carbons (Fsp3) is 0.200. The van der Waals surface area contributed by atoms with Gasteiger partial charge in [0.25, 0.3) is 0 Å². The highest BCUT2D eigenvalue weighted by molar-refractivity contribution is 9.10. The molecule has 0 aliphatic carbocycles. The number of benzene rings is 2. The monoisotopic (exact) mass is 466 g/mol. The van der Waals surface area contributed by atoms with E-state index in [0.717, 1.165) is 17.1 Å². The van der Waals surface area contributed by atoms with Crippen molar-refractivity contribution in [1.29, 1.82) is 0 Å². The summed E-state index contributed by atoms with van der Waals surface area (Å²) in [6.45, 7) is 2.62. The Morgan fingerprint density at radius 2 is 1.59 bits per heavy atom. The summed E-state index contributed by atoms with van der Waals surface area (Å²) in [4.78, 5) is 7.84. The first kappa shape index (κ1) is 20.9. The Balaban J connectivity index is 1.83. The van der Waals surface area contributed by atoms with E-state index in [1.54, 1.807) is 48.5 Å². The van der Waals surface area contributed by atoms with Gasteiger partial charge >= 0.3 is 6.18 Å². The molecule has 0 atom stereocenters. The topological polar surface area (TPSA) is 59.1 Å². The third kappa shape index (κ3) is 5.83. The van der Waals surface area contributed by atoms with Gasteiger partial charge in [0.05, 0.1) is 6.61 Å². The second-order valence-electron chi connectivity index (χ2n) is 6.08. The number of nitrogens with zero attached hydrogens (tertiary/aromatic N) is 2. The normalized spacial score (nSPS) is 11.2. The van der Waals surface area contributed by atoms with Gasteiger partial charge < -0.3 is 15.4 Å². The minimum Gasteiger partial charge on any atom is -0.494 e. The highest BCUT2D eigenvalue weighted by atomic mass is 79.9. The maximum absolute atomic E-state index is 13.4. The number of hydrogen-bond donors (Lipinski definition) is 2. The Morgan fingerprint density at radius 1 is 0.966 bits per heavy atom. The van der Waals surface area contributed by atoms with Gasteiger partial charge in [0, 0.05) is 22.0 Å². The van der Waals surface area contributed by atoms with E-state index in [1.165, 1.54) is 0 Å². The van der Waals surface area contributed by atoms with Crippen LogP contribution in [0.15, 0.2) is 59.2 Å². The van der Waals surface area contributed by atoms with Crippen molar-refractivity contribution in [2.45, 2.75) is 19.5 Å². The van der Waals surface area contributed by atoms with Crippen molar-refractivity contribution >= 4 is 39.1 Å². The molecule has 0 radical (unpaired) electrons. The summed E-state index contributed by atoms with van der Waals surface area (Å²) in [5.74, 6) is 0.420. The van der Waals surface area contributed by atoms with Gasteiger partial charge in [-0.05, 0) is 55.0 Å². The van der Waals surface area contributed by atoms with Crippen LogP contribution in [0, 0.1) is 0 Å². The molecule has 1 aromatic heterocycles. The first-order valence-electron chi connectivity index (χ1n) is 8.82. The summed E-state index contributed by atoms with van der Waals surface area (Å²) in [5, 5.41) is 5.62. The summed E-state index contributed by atoms with van der Waals surface area (Å²) < 4.78 is 46.4. The van der Waals surface area contributed by atoms with Gasteiger partial charge in [-0.25, -0.2) is 4.98 Å². The Bertz CT molecular complexity index is 947. The molecule has 5 nitrogen and oxygen atoms in total. The molecule has 29 heavy (non-hydrogen) atoms. The summed E-state index contributed by atoms with van der Waals surface area (Å²) in [5.41, 5.74) is 0.151. The first-order chi connectivity index (χ1) is 13.8. The molecule has 0 fully saturated rings. The Kier molecular flexibility index (Phi) is 6.58. The predicted octanol–water partition coefficient (Wildman–Crippen LogP) is 6.53. The number of hydrogen-bond acceptors (Lipinski definition) is 5. The van der Waals surface area contributed by atoms with Gasteiger partial charge in [-0.3, -0.25) is 0 Å². The zero-order chi connectivity index (χ0) is 20.9. The minimum atomic E-state index is -4.59. The molecule has 152 valence electrons. The van der Waals surface area contributed by atoms with E-state index in [2.05, 4.69) is 36.5 Å². The van der Waals surface area contributed by atoms with E-state index in [1.807, 2.05) is 6.92 Å². The SMILES string of the molecule is CCCOc1ccc(Nc2ncc(C(F)(F)F)c(Nc3ccc(Br)cc3)n2)cc1.